The molecule has 5 nitrogen and oxygen atoms in total. The summed E-state index contributed by atoms with van der Waals surface area (Å²) >= 11 is 0. The van der Waals surface area contributed by atoms with Crippen molar-refractivity contribution in [2.24, 2.45) is 0 Å². The molecule has 0 aliphatic carbocycles. The highest BCUT2D eigenvalue weighted by molar-refractivity contribution is 5.78. The standard InChI is InChI=1S/C14H9NO4.H2/c16-13-11-8-10(18-9-4-2-1-3-5-9)6-7-12(11)15-14(17)19-13;/h1-8H,(H,15,17);1H. The van der Waals surface area contributed by atoms with Crippen molar-refractivity contribution in [2.75, 3.05) is 0 Å². The van der Waals surface area contributed by atoms with E-state index < -0.39 is 11.4 Å². The number of hydrogen-bond donors (Lipinski definition) is 1. The number of para-hydroxylation sites is 1. The third kappa shape index (κ3) is 2.26. The Morgan fingerprint density at radius 2 is 1.79 bits per heavy atom. The van der Waals surface area contributed by atoms with Crippen molar-refractivity contribution in [1.29, 1.82) is 0 Å². The average molecular weight is 257 g/mol. The smallest absolute Gasteiger partial charge is 0.419 e. The Labute approximate surface area is 108 Å². The number of fused-ring (bicyclic) bond motifs is 1. The first-order chi connectivity index (χ1) is 9.22. The number of hydrogen-bond acceptors (Lipinski definition) is 4. The van der Waals surface area contributed by atoms with Gasteiger partial charge < -0.3 is 9.15 Å². The van der Waals surface area contributed by atoms with Gasteiger partial charge >= 0.3 is 11.4 Å². The van der Waals surface area contributed by atoms with Crippen LogP contribution in [0.3, 0.4) is 0 Å². The van der Waals surface area contributed by atoms with Crippen LogP contribution >= 0.6 is 0 Å². The summed E-state index contributed by atoms with van der Waals surface area (Å²) in [6.45, 7) is 0. The van der Waals surface area contributed by atoms with Crippen LogP contribution in [0.5, 0.6) is 11.5 Å². The second-order valence-corrected chi connectivity index (χ2v) is 3.92. The molecule has 0 radical (unpaired) electrons. The molecule has 96 valence electrons. The van der Waals surface area contributed by atoms with E-state index in [2.05, 4.69) is 9.40 Å². The van der Waals surface area contributed by atoms with Gasteiger partial charge in [-0.15, -0.1) is 0 Å². The monoisotopic (exact) mass is 257 g/mol. The van der Waals surface area contributed by atoms with E-state index in [0.29, 0.717) is 17.0 Å². The molecule has 1 heterocycles. The molecule has 0 fully saturated rings. The molecule has 5 heteroatoms. The summed E-state index contributed by atoms with van der Waals surface area (Å²) < 4.78 is 10.1. The zero-order chi connectivity index (χ0) is 13.2. The highest BCUT2D eigenvalue weighted by Crippen LogP contribution is 2.22. The van der Waals surface area contributed by atoms with Crippen LogP contribution in [0.2, 0.25) is 0 Å². The molecular formula is C14H11NO4. The van der Waals surface area contributed by atoms with Gasteiger partial charge in [0, 0.05) is 1.43 Å². The normalized spacial score (nSPS) is 10.5. The summed E-state index contributed by atoms with van der Waals surface area (Å²) in [5.74, 6) is 0.392. The third-order valence-electron chi connectivity index (χ3n) is 2.61. The van der Waals surface area contributed by atoms with E-state index in [9.17, 15) is 9.59 Å². The number of aromatic amines is 1. The fraction of sp³-hybridized carbons (Fsp3) is 0. The topological polar surface area (TPSA) is 72.3 Å². The van der Waals surface area contributed by atoms with Crippen LogP contribution in [0.1, 0.15) is 1.43 Å². The molecule has 0 aliphatic rings. The largest absolute Gasteiger partial charge is 0.457 e. The molecule has 0 aliphatic heterocycles. The van der Waals surface area contributed by atoms with Crippen LogP contribution in [0.4, 0.5) is 0 Å². The number of H-pyrrole nitrogens is 1. The van der Waals surface area contributed by atoms with Gasteiger partial charge in [-0.3, -0.25) is 4.98 Å². The average Bonchev–Trinajstić information content (AvgIpc) is 2.40. The lowest BCUT2D eigenvalue weighted by Gasteiger charge is -2.05. The predicted molar refractivity (Wildman–Crippen MR) is 71.7 cm³/mol. The van der Waals surface area contributed by atoms with E-state index in [1.54, 1.807) is 24.3 Å². The summed E-state index contributed by atoms with van der Waals surface area (Å²) in [6, 6.07) is 14.0. The summed E-state index contributed by atoms with van der Waals surface area (Å²) in [5, 5.41) is 0.271. The molecule has 0 saturated carbocycles. The maximum Gasteiger partial charge on any atom is 0.419 e. The molecule has 0 unspecified atom stereocenters. The van der Waals surface area contributed by atoms with Crippen molar-refractivity contribution in [3.05, 3.63) is 69.5 Å². The molecule has 0 saturated heterocycles. The van der Waals surface area contributed by atoms with Gasteiger partial charge in [-0.2, -0.15) is 0 Å². The van der Waals surface area contributed by atoms with Gasteiger partial charge in [-0.25, -0.2) is 9.59 Å². The summed E-state index contributed by atoms with van der Waals surface area (Å²) in [6.07, 6.45) is 0. The van der Waals surface area contributed by atoms with Crippen LogP contribution in [0.15, 0.2) is 62.5 Å². The summed E-state index contributed by atoms with van der Waals surface area (Å²) in [4.78, 5) is 25.0. The zero-order valence-electron chi connectivity index (χ0n) is 9.75. The van der Waals surface area contributed by atoms with E-state index >= 15 is 0 Å². The van der Waals surface area contributed by atoms with Gasteiger partial charge in [0.05, 0.1) is 10.9 Å². The van der Waals surface area contributed by atoms with Crippen molar-refractivity contribution in [1.82, 2.24) is 4.98 Å². The van der Waals surface area contributed by atoms with Gasteiger partial charge in [-0.05, 0) is 30.3 Å². The lowest BCUT2D eigenvalue weighted by molar-refractivity contribution is 0.458. The minimum atomic E-state index is -0.769. The fourth-order valence-corrected chi connectivity index (χ4v) is 1.76. The van der Waals surface area contributed by atoms with Crippen LogP contribution in [-0.2, 0) is 0 Å². The molecule has 3 rings (SSSR count). The molecular weight excluding hydrogens is 246 g/mol. The Bertz CT molecular complexity index is 839. The SMILES string of the molecule is O=c1[nH]c2ccc(Oc3ccccc3)cc2c(=O)o1.[HH]. The number of ether oxygens (including phenoxy) is 1. The Morgan fingerprint density at radius 1 is 1.00 bits per heavy atom. The highest BCUT2D eigenvalue weighted by atomic mass is 16.5. The second-order valence-electron chi connectivity index (χ2n) is 3.92. The zero-order valence-corrected chi connectivity index (χ0v) is 9.75. The van der Waals surface area contributed by atoms with Crippen LogP contribution in [0.25, 0.3) is 10.9 Å². The minimum Gasteiger partial charge on any atom is -0.457 e. The van der Waals surface area contributed by atoms with Gasteiger partial charge in [-0.1, -0.05) is 18.2 Å². The summed E-state index contributed by atoms with van der Waals surface area (Å²) in [5.41, 5.74) is -0.265. The predicted octanol–water partition coefficient (Wildman–Crippen LogP) is 2.52. The third-order valence-corrected chi connectivity index (χ3v) is 2.61. The maximum atomic E-state index is 11.6. The second kappa shape index (κ2) is 4.45. The van der Waals surface area contributed by atoms with Crippen LogP contribution in [-0.4, -0.2) is 4.98 Å². The molecule has 3 aromatic rings. The molecule has 0 spiro atoms. The van der Waals surface area contributed by atoms with Crippen molar-refractivity contribution in [3.63, 3.8) is 0 Å². The first kappa shape index (κ1) is 11.3. The van der Waals surface area contributed by atoms with Crippen molar-refractivity contribution in [2.45, 2.75) is 0 Å². The van der Waals surface area contributed by atoms with E-state index in [1.807, 2.05) is 18.2 Å². The van der Waals surface area contributed by atoms with Crippen LogP contribution < -0.4 is 16.1 Å². The Hall–Kier alpha value is -2.82. The van der Waals surface area contributed by atoms with Gasteiger partial charge in [0.15, 0.2) is 0 Å². The first-order valence-corrected chi connectivity index (χ1v) is 5.62. The van der Waals surface area contributed by atoms with E-state index in [1.165, 1.54) is 6.07 Å². The molecule has 1 N–H and O–H groups in total. The lowest BCUT2D eigenvalue weighted by atomic mass is 10.2. The number of benzene rings is 2. The lowest BCUT2D eigenvalue weighted by Crippen LogP contribution is -2.14. The molecule has 0 amide bonds. The van der Waals surface area contributed by atoms with Gasteiger partial charge in [0.1, 0.15) is 11.5 Å². The van der Waals surface area contributed by atoms with E-state index in [4.69, 9.17) is 4.74 Å². The van der Waals surface area contributed by atoms with Gasteiger partial charge in [0.2, 0.25) is 0 Å². The quantitative estimate of drug-likeness (QED) is 0.765. The van der Waals surface area contributed by atoms with E-state index in [-0.39, 0.29) is 6.81 Å². The van der Waals surface area contributed by atoms with E-state index in [0.717, 1.165) is 0 Å². The molecule has 19 heavy (non-hydrogen) atoms. The molecule has 1 aromatic heterocycles. The number of nitrogens with one attached hydrogen (secondary N) is 1. The summed E-state index contributed by atoms with van der Waals surface area (Å²) in [7, 11) is 0. The fourth-order valence-electron chi connectivity index (χ4n) is 1.76. The Morgan fingerprint density at radius 3 is 2.58 bits per heavy atom. The Balaban J connectivity index is 0.00000147. The molecule has 2 aromatic carbocycles. The van der Waals surface area contributed by atoms with Crippen molar-refractivity contribution in [3.8, 4) is 11.5 Å². The van der Waals surface area contributed by atoms with Crippen LogP contribution in [0, 0.1) is 0 Å². The molecule has 0 bridgehead atoms. The number of aromatic nitrogens is 1. The maximum absolute atomic E-state index is 11.6. The number of rotatable bonds is 2. The van der Waals surface area contributed by atoms with Crippen molar-refractivity contribution < 1.29 is 10.6 Å². The van der Waals surface area contributed by atoms with Gasteiger partial charge in [0.25, 0.3) is 0 Å². The minimum absolute atomic E-state index is 0. The Kier molecular flexibility index (Phi) is 2.64. The van der Waals surface area contributed by atoms with Crippen molar-refractivity contribution >= 4 is 10.9 Å². The highest BCUT2D eigenvalue weighted by Gasteiger charge is 2.05. The first-order valence-electron chi connectivity index (χ1n) is 5.62. The molecule has 0 atom stereocenters.